The van der Waals surface area contributed by atoms with Gasteiger partial charge < -0.3 is 10.1 Å². The van der Waals surface area contributed by atoms with E-state index in [1.54, 1.807) is 0 Å². The molecule has 2 rings (SSSR count). The van der Waals surface area contributed by atoms with Crippen LogP contribution in [0.25, 0.3) is 5.57 Å². The van der Waals surface area contributed by atoms with Crippen molar-refractivity contribution >= 4 is 28.3 Å². The van der Waals surface area contributed by atoms with Crippen molar-refractivity contribution in [2.75, 3.05) is 12.4 Å². The summed E-state index contributed by atoms with van der Waals surface area (Å²) in [5, 5.41) is 25.3. The molecule has 0 aliphatic carbocycles. The van der Waals surface area contributed by atoms with Gasteiger partial charge in [0.15, 0.2) is 0 Å². The Morgan fingerprint density at radius 2 is 2.36 bits per heavy atom. The number of non-ortho nitro benzene ring substituents is 1. The molecular formula is C14H12N4O3S. The highest BCUT2D eigenvalue weighted by Gasteiger charge is 2.11. The fourth-order valence-electron chi connectivity index (χ4n) is 1.69. The van der Waals surface area contributed by atoms with Crippen LogP contribution in [0.2, 0.25) is 0 Å². The number of rotatable bonds is 5. The maximum absolute atomic E-state index is 10.8. The number of nitrogens with zero attached hydrogens (tertiary/aromatic N) is 3. The van der Waals surface area contributed by atoms with Crippen molar-refractivity contribution in [1.29, 1.82) is 5.26 Å². The third kappa shape index (κ3) is 3.39. The van der Waals surface area contributed by atoms with E-state index in [0.29, 0.717) is 22.0 Å². The summed E-state index contributed by atoms with van der Waals surface area (Å²) in [6.45, 7) is 1.84. The maximum atomic E-state index is 10.8. The van der Waals surface area contributed by atoms with Crippen LogP contribution in [0.4, 0.5) is 11.4 Å². The molecule has 0 saturated heterocycles. The highest BCUT2D eigenvalue weighted by atomic mass is 32.1. The first-order valence-electron chi connectivity index (χ1n) is 6.17. The second-order valence-electron chi connectivity index (χ2n) is 4.25. The Balaban J connectivity index is 2.33. The largest absolute Gasteiger partial charge is 0.495 e. The van der Waals surface area contributed by atoms with E-state index in [-0.39, 0.29) is 5.69 Å². The van der Waals surface area contributed by atoms with Crippen LogP contribution in [0.15, 0.2) is 29.8 Å². The van der Waals surface area contributed by atoms with Crippen LogP contribution in [0.3, 0.4) is 0 Å². The van der Waals surface area contributed by atoms with Crippen LogP contribution in [-0.2, 0) is 0 Å². The van der Waals surface area contributed by atoms with Gasteiger partial charge in [0.1, 0.15) is 22.4 Å². The lowest BCUT2D eigenvalue weighted by atomic mass is 10.2. The summed E-state index contributed by atoms with van der Waals surface area (Å²) in [5.41, 5.74) is 1.50. The molecule has 0 unspecified atom stereocenters. The van der Waals surface area contributed by atoms with Gasteiger partial charge >= 0.3 is 0 Å². The van der Waals surface area contributed by atoms with Crippen LogP contribution in [0.5, 0.6) is 5.75 Å². The Labute approximate surface area is 130 Å². The van der Waals surface area contributed by atoms with Crippen LogP contribution in [0, 0.1) is 28.4 Å². The molecule has 0 fully saturated rings. The maximum Gasteiger partial charge on any atom is 0.271 e. The van der Waals surface area contributed by atoms with Gasteiger partial charge in [0.2, 0.25) is 0 Å². The standard InChI is InChI=1S/C14H12N4O3S/c1-9-8-22-14(17-9)10(6-15)7-16-12-5-11(18(19)20)3-4-13(12)21-2/h3-5,7-8,16H,1-2H3/b10-7+. The first kappa shape index (κ1) is 15.5. The summed E-state index contributed by atoms with van der Waals surface area (Å²) in [6.07, 6.45) is 1.46. The number of methoxy groups -OCH3 is 1. The number of aromatic nitrogens is 1. The number of anilines is 1. The molecule has 0 spiro atoms. The average Bonchev–Trinajstić information content (AvgIpc) is 2.94. The summed E-state index contributed by atoms with van der Waals surface area (Å²) >= 11 is 1.35. The lowest BCUT2D eigenvalue weighted by molar-refractivity contribution is -0.384. The molecule has 1 N–H and O–H groups in total. The molecule has 112 valence electrons. The number of nitriles is 1. The number of ether oxygens (including phenoxy) is 1. The molecule has 0 atom stereocenters. The van der Waals surface area contributed by atoms with Crippen molar-refractivity contribution in [1.82, 2.24) is 4.98 Å². The van der Waals surface area contributed by atoms with Crippen molar-refractivity contribution in [3.05, 3.63) is 50.6 Å². The van der Waals surface area contributed by atoms with E-state index in [2.05, 4.69) is 10.3 Å². The fraction of sp³-hybridized carbons (Fsp3) is 0.143. The Morgan fingerprint density at radius 1 is 1.59 bits per heavy atom. The summed E-state index contributed by atoms with van der Waals surface area (Å²) in [5.74, 6) is 0.439. The first-order chi connectivity index (χ1) is 10.5. The van der Waals surface area contributed by atoms with Crippen molar-refractivity contribution in [3.8, 4) is 11.8 Å². The Bertz CT molecular complexity index is 777. The van der Waals surface area contributed by atoms with Gasteiger partial charge in [0.05, 0.1) is 17.7 Å². The first-order valence-corrected chi connectivity index (χ1v) is 7.05. The van der Waals surface area contributed by atoms with E-state index in [1.165, 1.54) is 42.8 Å². The minimum absolute atomic E-state index is 0.0692. The molecule has 1 aromatic heterocycles. The fourth-order valence-corrected chi connectivity index (χ4v) is 2.45. The van der Waals surface area contributed by atoms with Crippen molar-refractivity contribution in [2.24, 2.45) is 0 Å². The predicted molar refractivity (Wildman–Crippen MR) is 83.7 cm³/mol. The van der Waals surface area contributed by atoms with Crippen LogP contribution >= 0.6 is 11.3 Å². The molecule has 0 aliphatic rings. The van der Waals surface area contributed by atoms with Crippen molar-refractivity contribution in [3.63, 3.8) is 0 Å². The zero-order valence-corrected chi connectivity index (χ0v) is 12.7. The van der Waals surface area contributed by atoms with Gasteiger partial charge in [-0.3, -0.25) is 10.1 Å². The Morgan fingerprint density at radius 3 is 2.91 bits per heavy atom. The molecule has 0 aliphatic heterocycles. The number of nitro groups is 1. The number of nitrogens with one attached hydrogen (secondary N) is 1. The van der Waals surface area contributed by atoms with Crippen molar-refractivity contribution < 1.29 is 9.66 Å². The van der Waals surface area contributed by atoms with Gasteiger partial charge in [-0.05, 0) is 13.0 Å². The number of allylic oxidation sites excluding steroid dienone is 1. The van der Waals surface area contributed by atoms with E-state index < -0.39 is 4.92 Å². The molecule has 1 aromatic carbocycles. The minimum Gasteiger partial charge on any atom is -0.495 e. The Hall–Kier alpha value is -2.92. The molecule has 0 radical (unpaired) electrons. The number of aryl methyl sites for hydroxylation is 1. The minimum atomic E-state index is -0.496. The lowest BCUT2D eigenvalue weighted by Gasteiger charge is -2.08. The van der Waals surface area contributed by atoms with Gasteiger partial charge in [-0.1, -0.05) is 0 Å². The molecule has 2 aromatic rings. The quantitative estimate of drug-likeness (QED) is 0.515. The summed E-state index contributed by atoms with van der Waals surface area (Å²) in [6, 6.07) is 6.24. The van der Waals surface area contributed by atoms with E-state index >= 15 is 0 Å². The number of benzene rings is 1. The van der Waals surface area contributed by atoms with Gasteiger partial charge in [-0.2, -0.15) is 5.26 Å². The molecular weight excluding hydrogens is 304 g/mol. The zero-order valence-electron chi connectivity index (χ0n) is 11.9. The number of thiazole rings is 1. The van der Waals surface area contributed by atoms with Gasteiger partial charge in [-0.25, -0.2) is 4.98 Å². The molecule has 1 heterocycles. The van der Waals surface area contributed by atoms with Gasteiger partial charge in [0.25, 0.3) is 5.69 Å². The summed E-state index contributed by atoms with van der Waals surface area (Å²) in [7, 11) is 1.46. The zero-order chi connectivity index (χ0) is 16.1. The summed E-state index contributed by atoms with van der Waals surface area (Å²) in [4.78, 5) is 14.6. The van der Waals surface area contributed by atoms with Gasteiger partial charge in [-0.15, -0.1) is 11.3 Å². The third-order valence-corrected chi connectivity index (χ3v) is 3.73. The highest BCUT2D eigenvalue weighted by Crippen LogP contribution is 2.29. The molecule has 0 saturated carbocycles. The third-order valence-electron chi connectivity index (χ3n) is 2.74. The van der Waals surface area contributed by atoms with Crippen LogP contribution < -0.4 is 10.1 Å². The van der Waals surface area contributed by atoms with Gasteiger partial charge in [0, 0.05) is 29.4 Å². The molecule has 8 heteroatoms. The molecule has 22 heavy (non-hydrogen) atoms. The van der Waals surface area contributed by atoms with E-state index in [1.807, 2.05) is 18.4 Å². The smallest absolute Gasteiger partial charge is 0.271 e. The molecule has 7 nitrogen and oxygen atoms in total. The molecule has 0 amide bonds. The average molecular weight is 316 g/mol. The topological polar surface area (TPSA) is 101 Å². The normalized spacial score (nSPS) is 10.9. The monoisotopic (exact) mass is 316 g/mol. The second kappa shape index (κ2) is 6.69. The molecule has 0 bridgehead atoms. The predicted octanol–water partition coefficient (Wildman–Crippen LogP) is 3.34. The van der Waals surface area contributed by atoms with Crippen LogP contribution in [-0.4, -0.2) is 17.0 Å². The number of hydrogen-bond donors (Lipinski definition) is 1. The van der Waals surface area contributed by atoms with Crippen LogP contribution in [0.1, 0.15) is 10.7 Å². The van der Waals surface area contributed by atoms with E-state index in [9.17, 15) is 15.4 Å². The number of hydrogen-bond acceptors (Lipinski definition) is 7. The SMILES string of the molecule is COc1ccc([N+](=O)[O-])cc1N/C=C(\C#N)c1nc(C)cs1. The van der Waals surface area contributed by atoms with Crippen molar-refractivity contribution in [2.45, 2.75) is 6.92 Å². The second-order valence-corrected chi connectivity index (χ2v) is 5.11. The summed E-state index contributed by atoms with van der Waals surface area (Å²) < 4.78 is 5.15. The lowest BCUT2D eigenvalue weighted by Crippen LogP contribution is -1.97. The van der Waals surface area contributed by atoms with E-state index in [0.717, 1.165) is 5.69 Å². The van der Waals surface area contributed by atoms with E-state index in [4.69, 9.17) is 4.74 Å². The number of nitro benzene ring substituents is 1. The Kier molecular flexibility index (Phi) is 4.70. The highest BCUT2D eigenvalue weighted by molar-refractivity contribution is 7.10.